The molecule has 0 atom stereocenters. The highest BCUT2D eigenvalue weighted by atomic mass is 79.9. The number of phenols is 2. The molecule has 0 radical (unpaired) electrons. The zero-order valence-corrected chi connectivity index (χ0v) is 14.6. The first-order valence-corrected chi connectivity index (χ1v) is 8.92. The van der Waals surface area contributed by atoms with Gasteiger partial charge in [0.05, 0.1) is 0 Å². The lowest BCUT2D eigenvalue weighted by Gasteiger charge is -2.23. The number of phenolic OH excluding ortho intramolecular Hbond substituents is 2. The van der Waals surface area contributed by atoms with Crippen LogP contribution in [0.15, 0.2) is 40.9 Å². The van der Waals surface area contributed by atoms with Crippen molar-refractivity contribution in [1.29, 1.82) is 0 Å². The lowest BCUT2D eigenvalue weighted by Crippen LogP contribution is -2.05. The lowest BCUT2D eigenvalue weighted by molar-refractivity contribution is 0.389. The molecule has 3 heteroatoms. The molecule has 120 valence electrons. The second-order valence-corrected chi connectivity index (χ2v) is 7.11. The Kier molecular flexibility index (Phi) is 5.06. The van der Waals surface area contributed by atoms with Crippen molar-refractivity contribution in [2.24, 2.45) is 0 Å². The average Bonchev–Trinajstić information content (AvgIpc) is 2.55. The minimum absolute atomic E-state index is 0.215. The smallest absolute Gasteiger partial charge is 0.123 e. The Bertz CT molecular complexity index is 675. The molecular weight excluding hydrogens is 352 g/mol. The second kappa shape index (κ2) is 7.22. The van der Waals surface area contributed by atoms with Gasteiger partial charge in [0.2, 0.25) is 0 Å². The van der Waals surface area contributed by atoms with E-state index in [9.17, 15) is 10.2 Å². The maximum atomic E-state index is 10.4. The Hall–Kier alpha value is -1.74. The van der Waals surface area contributed by atoms with E-state index in [1.165, 1.54) is 19.3 Å². The number of benzene rings is 2. The van der Waals surface area contributed by atoms with Gasteiger partial charge in [0.1, 0.15) is 11.5 Å². The quantitative estimate of drug-likeness (QED) is 0.641. The highest BCUT2D eigenvalue weighted by Gasteiger charge is 2.22. The zero-order chi connectivity index (χ0) is 16.2. The van der Waals surface area contributed by atoms with Gasteiger partial charge >= 0.3 is 0 Å². The van der Waals surface area contributed by atoms with Gasteiger partial charge in [0.25, 0.3) is 0 Å². The largest absolute Gasteiger partial charge is 0.507 e. The van der Waals surface area contributed by atoms with E-state index in [4.69, 9.17) is 0 Å². The van der Waals surface area contributed by atoms with Gasteiger partial charge in [0, 0.05) is 10.0 Å². The summed E-state index contributed by atoms with van der Waals surface area (Å²) in [7, 11) is 0. The standard InChI is InChI=1S/C20H21BrO2/c21-17-10-8-14(9-11-17)6-7-15-12-18(22)20(19(23)13-15)16-4-2-1-3-5-16/h6-13,16,22-23H,1-5H2. The van der Waals surface area contributed by atoms with Crippen LogP contribution >= 0.6 is 15.9 Å². The van der Waals surface area contributed by atoms with Gasteiger partial charge in [-0.1, -0.05) is 59.5 Å². The van der Waals surface area contributed by atoms with Crippen molar-refractivity contribution in [2.75, 3.05) is 0 Å². The Morgan fingerprint density at radius 2 is 1.39 bits per heavy atom. The Morgan fingerprint density at radius 3 is 2.00 bits per heavy atom. The summed E-state index contributed by atoms with van der Waals surface area (Å²) in [6, 6.07) is 11.5. The summed E-state index contributed by atoms with van der Waals surface area (Å²) in [5, 5.41) is 20.7. The van der Waals surface area contributed by atoms with E-state index >= 15 is 0 Å². The molecule has 0 aromatic heterocycles. The number of aromatic hydroxyl groups is 2. The second-order valence-electron chi connectivity index (χ2n) is 6.19. The topological polar surface area (TPSA) is 40.5 Å². The van der Waals surface area contributed by atoms with Crippen molar-refractivity contribution >= 4 is 28.1 Å². The molecule has 1 saturated carbocycles. The number of hydrogen-bond donors (Lipinski definition) is 2. The van der Waals surface area contributed by atoms with Crippen LogP contribution in [-0.2, 0) is 0 Å². The van der Waals surface area contributed by atoms with Crippen LogP contribution in [0.4, 0.5) is 0 Å². The van der Waals surface area contributed by atoms with E-state index in [2.05, 4.69) is 15.9 Å². The Labute approximate surface area is 145 Å². The summed E-state index contributed by atoms with van der Waals surface area (Å²) in [4.78, 5) is 0. The maximum absolute atomic E-state index is 10.4. The van der Waals surface area contributed by atoms with Gasteiger partial charge in [-0.3, -0.25) is 0 Å². The van der Waals surface area contributed by atoms with Crippen LogP contribution in [-0.4, -0.2) is 10.2 Å². The van der Waals surface area contributed by atoms with Crippen molar-refractivity contribution < 1.29 is 10.2 Å². The van der Waals surface area contributed by atoms with E-state index in [1.807, 2.05) is 36.4 Å². The van der Waals surface area contributed by atoms with Crippen LogP contribution < -0.4 is 0 Å². The molecule has 1 aliphatic carbocycles. The fourth-order valence-corrected chi connectivity index (χ4v) is 3.58. The van der Waals surface area contributed by atoms with E-state index in [-0.39, 0.29) is 17.4 Å². The highest BCUT2D eigenvalue weighted by Crippen LogP contribution is 2.42. The molecule has 2 nitrogen and oxygen atoms in total. The van der Waals surface area contributed by atoms with E-state index in [0.717, 1.165) is 34.0 Å². The molecule has 0 amide bonds. The molecule has 0 heterocycles. The molecule has 1 aliphatic rings. The number of hydrogen-bond acceptors (Lipinski definition) is 2. The normalized spacial score (nSPS) is 16.0. The predicted octanol–water partition coefficient (Wildman–Crippen LogP) is 6.08. The van der Waals surface area contributed by atoms with Gasteiger partial charge in [-0.05, 0) is 54.2 Å². The first kappa shape index (κ1) is 16.1. The van der Waals surface area contributed by atoms with Gasteiger partial charge in [-0.2, -0.15) is 0 Å². The van der Waals surface area contributed by atoms with Gasteiger partial charge in [0.15, 0.2) is 0 Å². The SMILES string of the molecule is Oc1cc(C=Cc2ccc(Br)cc2)cc(O)c1C1CCCCC1. The third-order valence-corrected chi connectivity index (χ3v) is 5.04. The molecule has 0 unspecified atom stereocenters. The summed E-state index contributed by atoms with van der Waals surface area (Å²) < 4.78 is 1.04. The van der Waals surface area contributed by atoms with Crippen LogP contribution in [0.5, 0.6) is 11.5 Å². The fraction of sp³-hybridized carbons (Fsp3) is 0.300. The van der Waals surface area contributed by atoms with Crippen LogP contribution in [0.2, 0.25) is 0 Å². The van der Waals surface area contributed by atoms with Crippen molar-refractivity contribution in [2.45, 2.75) is 38.0 Å². The summed E-state index contributed by atoms with van der Waals surface area (Å²) in [6.07, 6.45) is 9.59. The maximum Gasteiger partial charge on any atom is 0.123 e. The summed E-state index contributed by atoms with van der Waals surface area (Å²) >= 11 is 3.42. The van der Waals surface area contributed by atoms with Crippen LogP contribution in [0, 0.1) is 0 Å². The molecule has 3 rings (SSSR count). The van der Waals surface area contributed by atoms with Crippen LogP contribution in [0.25, 0.3) is 12.2 Å². The molecule has 2 aromatic rings. The van der Waals surface area contributed by atoms with Gasteiger partial charge < -0.3 is 10.2 Å². The average molecular weight is 373 g/mol. The first-order valence-electron chi connectivity index (χ1n) is 8.13. The van der Waals surface area contributed by atoms with Crippen molar-refractivity contribution in [1.82, 2.24) is 0 Å². The minimum Gasteiger partial charge on any atom is -0.507 e. The molecule has 2 aromatic carbocycles. The van der Waals surface area contributed by atoms with Crippen molar-refractivity contribution in [3.8, 4) is 11.5 Å². The van der Waals surface area contributed by atoms with Crippen molar-refractivity contribution in [3.05, 3.63) is 57.6 Å². The number of rotatable bonds is 3. The van der Waals surface area contributed by atoms with E-state index in [1.54, 1.807) is 12.1 Å². The summed E-state index contributed by atoms with van der Waals surface area (Å²) in [6.45, 7) is 0. The molecule has 1 fully saturated rings. The molecule has 0 bridgehead atoms. The Balaban J connectivity index is 1.82. The number of halogens is 1. The lowest BCUT2D eigenvalue weighted by atomic mass is 9.83. The molecule has 23 heavy (non-hydrogen) atoms. The van der Waals surface area contributed by atoms with E-state index in [0.29, 0.717) is 0 Å². The molecule has 2 N–H and O–H groups in total. The van der Waals surface area contributed by atoms with Gasteiger partial charge in [-0.15, -0.1) is 0 Å². The monoisotopic (exact) mass is 372 g/mol. The van der Waals surface area contributed by atoms with Crippen LogP contribution in [0.1, 0.15) is 54.7 Å². The first-order chi connectivity index (χ1) is 11.1. The van der Waals surface area contributed by atoms with Crippen LogP contribution in [0.3, 0.4) is 0 Å². The van der Waals surface area contributed by atoms with E-state index < -0.39 is 0 Å². The molecular formula is C20H21BrO2. The fourth-order valence-electron chi connectivity index (χ4n) is 3.32. The third kappa shape index (κ3) is 3.97. The van der Waals surface area contributed by atoms with Gasteiger partial charge in [-0.25, -0.2) is 0 Å². The summed E-state index contributed by atoms with van der Waals surface area (Å²) in [5.74, 6) is 0.716. The molecule has 0 saturated heterocycles. The minimum atomic E-state index is 0.215. The highest BCUT2D eigenvalue weighted by molar-refractivity contribution is 9.10. The zero-order valence-electron chi connectivity index (χ0n) is 13.0. The predicted molar refractivity (Wildman–Crippen MR) is 98.7 cm³/mol. The Morgan fingerprint density at radius 1 is 0.826 bits per heavy atom. The molecule has 0 spiro atoms. The van der Waals surface area contributed by atoms with Crippen molar-refractivity contribution in [3.63, 3.8) is 0 Å². The molecule has 0 aliphatic heterocycles. The third-order valence-electron chi connectivity index (χ3n) is 4.51. The summed E-state index contributed by atoms with van der Waals surface area (Å²) in [5.41, 5.74) is 2.61.